The minimum absolute atomic E-state index is 0.0118. The molecule has 0 spiro atoms. The third kappa shape index (κ3) is 31.5. The van der Waals surface area contributed by atoms with Gasteiger partial charge in [-0.25, -0.2) is 0 Å². The highest BCUT2D eigenvalue weighted by Crippen LogP contribution is 2.19. The number of carbonyl (C=O) groups is 2. The second-order valence-electron chi connectivity index (χ2n) is 12.4. The van der Waals surface area contributed by atoms with Crippen LogP contribution < -0.4 is 0 Å². The van der Waals surface area contributed by atoms with Gasteiger partial charge in [0, 0.05) is 12.8 Å². The standard InChI is InChI=1S/C36H70O4/c1-3-5-7-9-11-13-15-17-19-21-23-25-27-30-34(40-36(39)33-29-32-35(37)38)31-28-26-24-22-20-18-16-14-12-10-8-6-4-2/h34H,3-33H2,1-2H3,(H,37,38). The lowest BCUT2D eigenvalue weighted by Crippen LogP contribution is -2.18. The van der Waals surface area contributed by atoms with Crippen molar-refractivity contribution in [3.8, 4) is 0 Å². The number of aliphatic carboxylic acids is 1. The van der Waals surface area contributed by atoms with E-state index in [1.807, 2.05) is 0 Å². The zero-order valence-corrected chi connectivity index (χ0v) is 27.2. The normalized spacial score (nSPS) is 11.4. The summed E-state index contributed by atoms with van der Waals surface area (Å²) < 4.78 is 5.81. The van der Waals surface area contributed by atoms with E-state index in [1.165, 1.54) is 154 Å². The van der Waals surface area contributed by atoms with Crippen molar-refractivity contribution in [1.29, 1.82) is 0 Å². The first-order valence-electron chi connectivity index (χ1n) is 18.0. The predicted octanol–water partition coefficient (Wildman–Crippen LogP) is 12.1. The molecule has 1 N–H and O–H groups in total. The second-order valence-corrected chi connectivity index (χ2v) is 12.4. The Balaban J connectivity index is 3.92. The fraction of sp³-hybridized carbons (Fsp3) is 0.944. The molecule has 0 atom stereocenters. The molecule has 0 rings (SSSR count). The number of rotatable bonds is 33. The molecule has 0 radical (unpaired) electrons. The summed E-state index contributed by atoms with van der Waals surface area (Å²) in [7, 11) is 0. The first-order valence-corrected chi connectivity index (χ1v) is 18.0. The van der Waals surface area contributed by atoms with Crippen LogP contribution in [0, 0.1) is 0 Å². The van der Waals surface area contributed by atoms with Gasteiger partial charge in [0.15, 0.2) is 0 Å². The maximum Gasteiger partial charge on any atom is 0.306 e. The molecule has 4 heteroatoms. The van der Waals surface area contributed by atoms with Crippen LogP contribution in [0.15, 0.2) is 0 Å². The van der Waals surface area contributed by atoms with E-state index in [1.54, 1.807) is 0 Å². The number of esters is 1. The van der Waals surface area contributed by atoms with Gasteiger partial charge < -0.3 is 9.84 Å². The number of carbonyl (C=O) groups excluding carboxylic acids is 1. The van der Waals surface area contributed by atoms with Crippen molar-refractivity contribution in [2.24, 2.45) is 0 Å². The first-order chi connectivity index (χ1) is 19.6. The molecular formula is C36H70O4. The van der Waals surface area contributed by atoms with E-state index in [-0.39, 0.29) is 24.9 Å². The third-order valence-electron chi connectivity index (χ3n) is 8.33. The molecule has 0 aliphatic carbocycles. The Hall–Kier alpha value is -1.06. The van der Waals surface area contributed by atoms with Crippen molar-refractivity contribution in [2.75, 3.05) is 0 Å². The summed E-state index contributed by atoms with van der Waals surface area (Å²) in [6.07, 6.45) is 37.5. The van der Waals surface area contributed by atoms with Gasteiger partial charge in [-0.15, -0.1) is 0 Å². The summed E-state index contributed by atoms with van der Waals surface area (Å²) in [5.41, 5.74) is 0. The first kappa shape index (κ1) is 38.9. The maximum atomic E-state index is 12.3. The van der Waals surface area contributed by atoms with Gasteiger partial charge in [-0.05, 0) is 32.1 Å². The average molecular weight is 567 g/mol. The molecule has 238 valence electrons. The van der Waals surface area contributed by atoms with E-state index in [9.17, 15) is 9.59 Å². The highest BCUT2D eigenvalue weighted by molar-refractivity contribution is 5.71. The highest BCUT2D eigenvalue weighted by atomic mass is 16.5. The zero-order chi connectivity index (χ0) is 29.4. The fourth-order valence-corrected chi connectivity index (χ4v) is 5.67. The molecule has 0 aliphatic heterocycles. The van der Waals surface area contributed by atoms with Crippen LogP contribution in [0.2, 0.25) is 0 Å². The largest absolute Gasteiger partial charge is 0.481 e. The molecule has 0 aromatic rings. The number of carboxylic acids is 1. The van der Waals surface area contributed by atoms with Crippen molar-refractivity contribution in [1.82, 2.24) is 0 Å². The van der Waals surface area contributed by atoms with Gasteiger partial charge in [0.05, 0.1) is 0 Å². The molecule has 40 heavy (non-hydrogen) atoms. The van der Waals surface area contributed by atoms with Crippen LogP contribution in [0.1, 0.15) is 213 Å². The molecule has 0 saturated heterocycles. The van der Waals surface area contributed by atoms with E-state index >= 15 is 0 Å². The van der Waals surface area contributed by atoms with Gasteiger partial charge in [0.2, 0.25) is 0 Å². The van der Waals surface area contributed by atoms with Gasteiger partial charge in [-0.3, -0.25) is 9.59 Å². The van der Waals surface area contributed by atoms with E-state index in [4.69, 9.17) is 9.84 Å². The molecule has 0 heterocycles. The van der Waals surface area contributed by atoms with Gasteiger partial charge in [0.1, 0.15) is 6.10 Å². The number of carboxylic acid groups (broad SMARTS) is 1. The Labute approximate surface area is 250 Å². The third-order valence-corrected chi connectivity index (χ3v) is 8.33. The number of hydrogen-bond donors (Lipinski definition) is 1. The zero-order valence-electron chi connectivity index (χ0n) is 27.2. The van der Waals surface area contributed by atoms with Crippen molar-refractivity contribution < 1.29 is 19.4 Å². The lowest BCUT2D eigenvalue weighted by atomic mass is 10.0. The Kier molecular flexibility index (Phi) is 31.6. The Bertz CT molecular complexity index is 503. The predicted molar refractivity (Wildman–Crippen MR) is 172 cm³/mol. The van der Waals surface area contributed by atoms with E-state index in [0.29, 0.717) is 6.42 Å². The smallest absolute Gasteiger partial charge is 0.306 e. The molecule has 0 bridgehead atoms. The lowest BCUT2D eigenvalue weighted by Gasteiger charge is -2.18. The Morgan fingerprint density at radius 2 is 0.750 bits per heavy atom. The SMILES string of the molecule is CCCCCCCCCCCCCCCC(CCCCCCCCCCCCCCC)OC(=O)CCCC(=O)O. The number of hydrogen-bond acceptors (Lipinski definition) is 3. The Morgan fingerprint density at radius 3 is 1.05 bits per heavy atom. The summed E-state index contributed by atoms with van der Waals surface area (Å²) in [5, 5.41) is 8.83. The molecule has 0 amide bonds. The Morgan fingerprint density at radius 1 is 0.450 bits per heavy atom. The molecular weight excluding hydrogens is 496 g/mol. The molecule has 0 fully saturated rings. The van der Waals surface area contributed by atoms with Crippen molar-refractivity contribution in [3.05, 3.63) is 0 Å². The monoisotopic (exact) mass is 567 g/mol. The van der Waals surface area contributed by atoms with Gasteiger partial charge in [0.25, 0.3) is 0 Å². The van der Waals surface area contributed by atoms with E-state index in [0.717, 1.165) is 25.7 Å². The quantitative estimate of drug-likeness (QED) is 0.0633. The topological polar surface area (TPSA) is 63.6 Å². The van der Waals surface area contributed by atoms with E-state index < -0.39 is 5.97 Å². The van der Waals surface area contributed by atoms with Crippen LogP contribution >= 0.6 is 0 Å². The summed E-state index contributed by atoms with van der Waals surface area (Å²) in [4.78, 5) is 23.0. The van der Waals surface area contributed by atoms with Gasteiger partial charge >= 0.3 is 11.9 Å². The van der Waals surface area contributed by atoms with Crippen molar-refractivity contribution >= 4 is 11.9 Å². The van der Waals surface area contributed by atoms with Crippen LogP contribution in [0.5, 0.6) is 0 Å². The van der Waals surface area contributed by atoms with Crippen LogP contribution in [0.3, 0.4) is 0 Å². The number of ether oxygens (including phenoxy) is 1. The molecule has 0 aromatic heterocycles. The lowest BCUT2D eigenvalue weighted by molar-refractivity contribution is -0.150. The summed E-state index contributed by atoms with van der Waals surface area (Å²) in [5.74, 6) is -1.06. The number of unbranched alkanes of at least 4 members (excludes halogenated alkanes) is 24. The molecule has 0 aliphatic rings. The van der Waals surface area contributed by atoms with Crippen LogP contribution in [-0.2, 0) is 14.3 Å². The van der Waals surface area contributed by atoms with Crippen molar-refractivity contribution in [2.45, 2.75) is 219 Å². The van der Waals surface area contributed by atoms with E-state index in [2.05, 4.69) is 13.8 Å². The summed E-state index contributed by atoms with van der Waals surface area (Å²) in [6, 6.07) is 0. The van der Waals surface area contributed by atoms with Crippen LogP contribution in [0.4, 0.5) is 0 Å². The summed E-state index contributed by atoms with van der Waals surface area (Å²) in [6.45, 7) is 4.55. The van der Waals surface area contributed by atoms with Crippen LogP contribution in [0.25, 0.3) is 0 Å². The van der Waals surface area contributed by atoms with Crippen molar-refractivity contribution in [3.63, 3.8) is 0 Å². The second kappa shape index (κ2) is 32.5. The average Bonchev–Trinajstić information content (AvgIpc) is 2.93. The highest BCUT2D eigenvalue weighted by Gasteiger charge is 2.14. The molecule has 0 aromatic carbocycles. The fourth-order valence-electron chi connectivity index (χ4n) is 5.67. The van der Waals surface area contributed by atoms with Gasteiger partial charge in [-0.1, -0.05) is 168 Å². The maximum absolute atomic E-state index is 12.3. The van der Waals surface area contributed by atoms with Crippen LogP contribution in [-0.4, -0.2) is 23.1 Å². The summed E-state index contributed by atoms with van der Waals surface area (Å²) >= 11 is 0. The molecule has 0 saturated carbocycles. The molecule has 0 unspecified atom stereocenters. The minimum atomic E-state index is -0.844. The molecule has 4 nitrogen and oxygen atoms in total. The minimum Gasteiger partial charge on any atom is -0.481 e. The van der Waals surface area contributed by atoms with Gasteiger partial charge in [-0.2, -0.15) is 0 Å².